The zero-order valence-electron chi connectivity index (χ0n) is 17.3. The summed E-state index contributed by atoms with van der Waals surface area (Å²) in [5.41, 5.74) is 3.25. The number of rotatable bonds is 7. The van der Waals surface area contributed by atoms with Gasteiger partial charge in [0.1, 0.15) is 29.3 Å². The molecule has 0 unspecified atom stereocenters. The van der Waals surface area contributed by atoms with Gasteiger partial charge in [-0.05, 0) is 67.0 Å². The van der Waals surface area contributed by atoms with E-state index in [9.17, 15) is 4.39 Å². The molecule has 2 aromatic heterocycles. The van der Waals surface area contributed by atoms with Gasteiger partial charge in [0.25, 0.3) is 0 Å². The van der Waals surface area contributed by atoms with Gasteiger partial charge >= 0.3 is 0 Å². The Hall–Kier alpha value is -2.73. The number of nitrogens with zero attached hydrogens (tertiary/aromatic N) is 2. The van der Waals surface area contributed by atoms with Crippen molar-refractivity contribution in [3.05, 3.63) is 70.3 Å². The molecule has 0 bridgehead atoms. The third-order valence-corrected chi connectivity index (χ3v) is 6.45. The second-order valence-electron chi connectivity index (χ2n) is 7.25. The van der Waals surface area contributed by atoms with E-state index in [1.807, 2.05) is 6.08 Å². The van der Waals surface area contributed by atoms with Crippen LogP contribution in [0.3, 0.4) is 0 Å². The summed E-state index contributed by atoms with van der Waals surface area (Å²) in [6.45, 7) is 2.33. The highest BCUT2D eigenvalue weighted by atomic mass is 32.1. The van der Waals surface area contributed by atoms with E-state index in [-0.39, 0.29) is 12.4 Å². The van der Waals surface area contributed by atoms with E-state index >= 15 is 0 Å². The van der Waals surface area contributed by atoms with Crippen LogP contribution < -0.4 is 4.74 Å². The molecule has 156 valence electrons. The largest absolute Gasteiger partial charge is 0.497 e. The van der Waals surface area contributed by atoms with Crippen LogP contribution in [0.15, 0.2) is 48.5 Å². The summed E-state index contributed by atoms with van der Waals surface area (Å²) in [6.07, 6.45) is 11.0. The third-order valence-electron chi connectivity index (χ3n) is 5.25. The molecular weight excluding hydrogens is 399 g/mol. The third kappa shape index (κ3) is 4.38. The molecule has 0 N–H and O–H groups in total. The number of aromatic nitrogens is 2. The molecule has 0 radical (unpaired) electrons. The first-order valence-electron chi connectivity index (χ1n) is 10.3. The molecule has 3 aromatic rings. The summed E-state index contributed by atoms with van der Waals surface area (Å²) in [5.74, 6) is 1.04. The van der Waals surface area contributed by atoms with Crippen molar-refractivity contribution in [3.8, 4) is 5.88 Å². The van der Waals surface area contributed by atoms with E-state index in [4.69, 9.17) is 9.47 Å². The first-order chi connectivity index (χ1) is 14.7. The molecule has 1 aliphatic carbocycles. The Balaban J connectivity index is 1.59. The maximum Gasteiger partial charge on any atom is 0.226 e. The lowest BCUT2D eigenvalue weighted by Crippen LogP contribution is -2.06. The average Bonchev–Trinajstić information content (AvgIpc) is 3.16. The monoisotopic (exact) mass is 424 g/mol. The van der Waals surface area contributed by atoms with Crippen LogP contribution in [-0.2, 0) is 17.6 Å². The molecule has 1 aromatic carbocycles. The Morgan fingerprint density at radius 2 is 1.97 bits per heavy atom. The minimum atomic E-state index is -0.249. The summed E-state index contributed by atoms with van der Waals surface area (Å²) in [5, 5.41) is 1.05. The van der Waals surface area contributed by atoms with Gasteiger partial charge in [-0.25, -0.2) is 14.4 Å². The number of thiophene rings is 1. The van der Waals surface area contributed by atoms with Gasteiger partial charge in [-0.2, -0.15) is 0 Å². The van der Waals surface area contributed by atoms with Crippen molar-refractivity contribution in [2.24, 2.45) is 0 Å². The Bertz CT molecular complexity index is 1090. The van der Waals surface area contributed by atoms with Gasteiger partial charge in [0.05, 0.1) is 12.5 Å². The standard InChI is InChI=1S/C24H25FN2O2S/c1-3-6-17(16-9-11-18(25)12-10-16)13-19(28-2)14-29-23-22-20-7-4-5-8-21(20)30-24(22)27-15-26-23/h6,9-13,15H,3-5,7-8,14H2,1-2H3. The minimum Gasteiger partial charge on any atom is -0.497 e. The second kappa shape index (κ2) is 9.39. The van der Waals surface area contributed by atoms with Gasteiger partial charge in [-0.3, -0.25) is 0 Å². The first-order valence-corrected chi connectivity index (χ1v) is 11.1. The average molecular weight is 425 g/mol. The van der Waals surface area contributed by atoms with Crippen molar-refractivity contribution < 1.29 is 13.9 Å². The summed E-state index contributed by atoms with van der Waals surface area (Å²) in [4.78, 5) is 11.3. The molecule has 0 saturated heterocycles. The Morgan fingerprint density at radius 3 is 2.73 bits per heavy atom. The highest BCUT2D eigenvalue weighted by molar-refractivity contribution is 7.18. The predicted octanol–water partition coefficient (Wildman–Crippen LogP) is 6.11. The smallest absolute Gasteiger partial charge is 0.226 e. The van der Waals surface area contributed by atoms with Gasteiger partial charge in [0.15, 0.2) is 0 Å². The number of ether oxygens (including phenoxy) is 2. The van der Waals surface area contributed by atoms with Crippen LogP contribution in [0.1, 0.15) is 42.2 Å². The lowest BCUT2D eigenvalue weighted by Gasteiger charge is -2.13. The Kier molecular flexibility index (Phi) is 6.43. The van der Waals surface area contributed by atoms with Crippen molar-refractivity contribution in [1.82, 2.24) is 9.97 Å². The van der Waals surface area contributed by atoms with Crippen LogP contribution in [0, 0.1) is 5.82 Å². The van der Waals surface area contributed by atoms with Crippen LogP contribution >= 0.6 is 11.3 Å². The molecule has 6 heteroatoms. The van der Waals surface area contributed by atoms with E-state index in [1.165, 1.54) is 35.4 Å². The fourth-order valence-electron chi connectivity index (χ4n) is 3.77. The molecule has 0 atom stereocenters. The van der Waals surface area contributed by atoms with Crippen molar-refractivity contribution in [2.45, 2.75) is 39.0 Å². The van der Waals surface area contributed by atoms with Gasteiger partial charge in [0, 0.05) is 4.88 Å². The summed E-state index contributed by atoms with van der Waals surface area (Å²) >= 11 is 1.75. The highest BCUT2D eigenvalue weighted by Gasteiger charge is 2.20. The first kappa shape index (κ1) is 20.5. The van der Waals surface area contributed by atoms with E-state index in [1.54, 1.807) is 36.9 Å². The Labute approximate surface area is 180 Å². The van der Waals surface area contributed by atoms with Crippen LogP contribution in [0.2, 0.25) is 0 Å². The fraction of sp³-hybridized carbons (Fsp3) is 0.333. The molecule has 0 amide bonds. The molecule has 0 spiro atoms. The predicted molar refractivity (Wildman–Crippen MR) is 119 cm³/mol. The topological polar surface area (TPSA) is 44.2 Å². The lowest BCUT2D eigenvalue weighted by atomic mass is 9.97. The quantitative estimate of drug-likeness (QED) is 0.339. The second-order valence-corrected chi connectivity index (χ2v) is 8.33. The number of hydrogen-bond acceptors (Lipinski definition) is 5. The van der Waals surface area contributed by atoms with Crippen molar-refractivity contribution in [3.63, 3.8) is 0 Å². The maximum absolute atomic E-state index is 13.3. The number of aryl methyl sites for hydroxylation is 2. The molecule has 2 heterocycles. The molecule has 4 rings (SSSR count). The Morgan fingerprint density at radius 1 is 1.17 bits per heavy atom. The molecule has 30 heavy (non-hydrogen) atoms. The highest BCUT2D eigenvalue weighted by Crippen LogP contribution is 2.39. The van der Waals surface area contributed by atoms with Crippen molar-refractivity contribution in [1.29, 1.82) is 0 Å². The van der Waals surface area contributed by atoms with Gasteiger partial charge < -0.3 is 9.47 Å². The number of halogens is 1. The molecular formula is C24H25FN2O2S. The minimum absolute atomic E-state index is 0.249. The van der Waals surface area contributed by atoms with E-state index in [0.717, 1.165) is 40.6 Å². The normalized spacial score (nSPS) is 14.6. The summed E-state index contributed by atoms with van der Waals surface area (Å²) in [6, 6.07) is 6.47. The number of methoxy groups -OCH3 is 1. The van der Waals surface area contributed by atoms with E-state index < -0.39 is 0 Å². The number of benzene rings is 1. The van der Waals surface area contributed by atoms with E-state index in [2.05, 4.69) is 23.0 Å². The molecule has 1 aliphatic rings. The van der Waals surface area contributed by atoms with Gasteiger partial charge in [0.2, 0.25) is 5.88 Å². The lowest BCUT2D eigenvalue weighted by molar-refractivity contribution is 0.216. The molecule has 0 saturated carbocycles. The van der Waals surface area contributed by atoms with E-state index in [0.29, 0.717) is 11.6 Å². The summed E-state index contributed by atoms with van der Waals surface area (Å²) < 4.78 is 25.0. The number of hydrogen-bond donors (Lipinski definition) is 0. The van der Waals surface area contributed by atoms with Gasteiger partial charge in [-0.1, -0.05) is 25.1 Å². The van der Waals surface area contributed by atoms with Gasteiger partial charge in [-0.15, -0.1) is 11.3 Å². The van der Waals surface area contributed by atoms with Crippen LogP contribution in [0.4, 0.5) is 4.39 Å². The fourth-order valence-corrected chi connectivity index (χ4v) is 4.99. The van der Waals surface area contributed by atoms with Crippen LogP contribution in [0.25, 0.3) is 15.8 Å². The molecule has 0 aliphatic heterocycles. The zero-order valence-corrected chi connectivity index (χ0v) is 18.1. The van der Waals surface area contributed by atoms with Crippen LogP contribution in [0.5, 0.6) is 5.88 Å². The number of allylic oxidation sites excluding steroid dienone is 3. The zero-order chi connectivity index (χ0) is 20.9. The maximum atomic E-state index is 13.3. The van der Waals surface area contributed by atoms with Crippen molar-refractivity contribution >= 4 is 27.1 Å². The molecule has 0 fully saturated rings. The molecule has 4 nitrogen and oxygen atoms in total. The number of fused-ring (bicyclic) bond motifs is 3. The van der Waals surface area contributed by atoms with Crippen molar-refractivity contribution in [2.75, 3.05) is 13.7 Å². The summed E-state index contributed by atoms with van der Waals surface area (Å²) in [7, 11) is 1.63. The van der Waals surface area contributed by atoms with Crippen LogP contribution in [-0.4, -0.2) is 23.7 Å². The SMILES string of the molecule is CCC=C(C=C(COc1ncnc2sc3c(c12)CCCC3)OC)c1ccc(F)cc1.